The molecule has 0 saturated carbocycles. The van der Waals surface area contributed by atoms with Gasteiger partial charge < -0.3 is 10.2 Å². The summed E-state index contributed by atoms with van der Waals surface area (Å²) in [5, 5.41) is 3.35. The Hall–Kier alpha value is -1.35. The maximum absolute atomic E-state index is 12.8. The average molecular weight is 260 g/mol. The van der Waals surface area contributed by atoms with Gasteiger partial charge in [0, 0.05) is 6.04 Å². The van der Waals surface area contributed by atoms with Crippen LogP contribution in [-0.2, 0) is 4.79 Å². The zero-order valence-corrected chi connectivity index (χ0v) is 12.3. The Morgan fingerprint density at radius 3 is 2.58 bits per heavy atom. The summed E-state index contributed by atoms with van der Waals surface area (Å²) in [7, 11) is 0. The van der Waals surface area contributed by atoms with Gasteiger partial charge in [-0.25, -0.2) is 0 Å². The summed E-state index contributed by atoms with van der Waals surface area (Å²) in [6.07, 6.45) is 0.992. The van der Waals surface area contributed by atoms with Crippen molar-refractivity contribution in [1.29, 1.82) is 0 Å². The molecule has 0 spiro atoms. The van der Waals surface area contributed by atoms with Crippen molar-refractivity contribution >= 4 is 5.91 Å². The lowest BCUT2D eigenvalue weighted by Gasteiger charge is -2.37. The molecule has 1 heterocycles. The van der Waals surface area contributed by atoms with E-state index in [-0.39, 0.29) is 18.0 Å². The lowest BCUT2D eigenvalue weighted by molar-refractivity contribution is -0.140. The van der Waals surface area contributed by atoms with Crippen LogP contribution in [0, 0.1) is 0 Å². The molecular formula is C16H24N2O. The highest BCUT2D eigenvalue weighted by Crippen LogP contribution is 2.28. The average Bonchev–Trinajstić information content (AvgIpc) is 2.48. The molecule has 1 N–H and O–H groups in total. The SMILES string of the molecule is CC1CCNC(C)(C)C(=O)N1C(C)c1ccccc1. The molecule has 0 bridgehead atoms. The second-order valence-corrected chi connectivity index (χ2v) is 5.99. The largest absolute Gasteiger partial charge is 0.332 e. The molecule has 3 nitrogen and oxygen atoms in total. The van der Waals surface area contributed by atoms with Crippen LogP contribution in [0.2, 0.25) is 0 Å². The van der Waals surface area contributed by atoms with E-state index in [4.69, 9.17) is 0 Å². The Morgan fingerprint density at radius 1 is 1.32 bits per heavy atom. The number of hydrogen-bond acceptors (Lipinski definition) is 2. The number of nitrogens with one attached hydrogen (secondary N) is 1. The van der Waals surface area contributed by atoms with E-state index < -0.39 is 5.54 Å². The first kappa shape index (κ1) is 14.1. The molecule has 1 aliphatic heterocycles. The van der Waals surface area contributed by atoms with Crippen molar-refractivity contribution in [2.45, 2.75) is 51.7 Å². The first-order chi connectivity index (χ1) is 8.93. The van der Waals surface area contributed by atoms with Gasteiger partial charge in [0.15, 0.2) is 0 Å². The van der Waals surface area contributed by atoms with Crippen LogP contribution in [0.3, 0.4) is 0 Å². The van der Waals surface area contributed by atoms with E-state index >= 15 is 0 Å². The van der Waals surface area contributed by atoms with Crippen molar-refractivity contribution < 1.29 is 4.79 Å². The third kappa shape index (κ3) is 2.81. The molecule has 2 rings (SSSR count). The van der Waals surface area contributed by atoms with E-state index in [0.717, 1.165) is 13.0 Å². The van der Waals surface area contributed by atoms with Crippen molar-refractivity contribution in [3.05, 3.63) is 35.9 Å². The number of carbonyl (C=O) groups is 1. The molecule has 104 valence electrons. The molecule has 2 unspecified atom stereocenters. The van der Waals surface area contributed by atoms with Crippen LogP contribution >= 0.6 is 0 Å². The highest BCUT2D eigenvalue weighted by molar-refractivity contribution is 5.86. The highest BCUT2D eigenvalue weighted by atomic mass is 16.2. The van der Waals surface area contributed by atoms with E-state index in [2.05, 4.69) is 31.3 Å². The van der Waals surface area contributed by atoms with Gasteiger partial charge in [0.05, 0.1) is 11.6 Å². The number of benzene rings is 1. The number of amides is 1. The lowest BCUT2D eigenvalue weighted by Crippen LogP contribution is -2.53. The van der Waals surface area contributed by atoms with Gasteiger partial charge in [-0.2, -0.15) is 0 Å². The zero-order chi connectivity index (χ0) is 14.0. The third-order valence-corrected chi connectivity index (χ3v) is 4.07. The fourth-order valence-electron chi connectivity index (χ4n) is 2.78. The van der Waals surface area contributed by atoms with Gasteiger partial charge in [0.25, 0.3) is 0 Å². The molecule has 1 aromatic carbocycles. The first-order valence-electron chi connectivity index (χ1n) is 7.06. The standard InChI is InChI=1S/C16H24N2O/c1-12-10-11-17-16(3,4)15(19)18(12)13(2)14-8-6-5-7-9-14/h5-9,12-13,17H,10-11H2,1-4H3. The molecule has 1 aliphatic rings. The Balaban J connectivity index is 2.31. The van der Waals surface area contributed by atoms with Gasteiger partial charge in [-0.05, 0) is 46.2 Å². The van der Waals surface area contributed by atoms with Gasteiger partial charge in [-0.3, -0.25) is 4.79 Å². The second kappa shape index (κ2) is 5.33. The van der Waals surface area contributed by atoms with Crippen molar-refractivity contribution in [3.63, 3.8) is 0 Å². The molecule has 3 heteroatoms. The minimum Gasteiger partial charge on any atom is -0.332 e. The lowest BCUT2D eigenvalue weighted by atomic mass is 9.99. The monoisotopic (exact) mass is 260 g/mol. The summed E-state index contributed by atoms with van der Waals surface area (Å²) in [5.41, 5.74) is 0.716. The molecule has 1 fully saturated rings. The minimum absolute atomic E-state index is 0.114. The summed E-state index contributed by atoms with van der Waals surface area (Å²) < 4.78 is 0. The van der Waals surface area contributed by atoms with Crippen LogP contribution < -0.4 is 5.32 Å². The summed E-state index contributed by atoms with van der Waals surface area (Å²) in [6.45, 7) is 9.08. The van der Waals surface area contributed by atoms with E-state index in [9.17, 15) is 4.79 Å². The van der Waals surface area contributed by atoms with Gasteiger partial charge in [-0.15, -0.1) is 0 Å². The van der Waals surface area contributed by atoms with E-state index in [1.807, 2.05) is 36.9 Å². The van der Waals surface area contributed by atoms with Crippen LogP contribution in [0.15, 0.2) is 30.3 Å². The number of hydrogen-bond donors (Lipinski definition) is 1. The summed E-state index contributed by atoms with van der Waals surface area (Å²) in [5.74, 6) is 0.189. The summed E-state index contributed by atoms with van der Waals surface area (Å²) in [6, 6.07) is 10.6. The molecule has 0 aliphatic carbocycles. The molecule has 2 atom stereocenters. The molecule has 0 radical (unpaired) electrons. The fraction of sp³-hybridized carbons (Fsp3) is 0.562. The highest BCUT2D eigenvalue weighted by Gasteiger charge is 2.38. The first-order valence-corrected chi connectivity index (χ1v) is 7.06. The predicted octanol–water partition coefficient (Wildman–Crippen LogP) is 2.74. The number of rotatable bonds is 2. The molecule has 1 aromatic rings. The normalized spacial score (nSPS) is 24.9. The molecule has 1 saturated heterocycles. The third-order valence-electron chi connectivity index (χ3n) is 4.07. The van der Waals surface area contributed by atoms with Crippen LogP contribution in [0.25, 0.3) is 0 Å². The van der Waals surface area contributed by atoms with Crippen LogP contribution in [-0.4, -0.2) is 28.9 Å². The molecular weight excluding hydrogens is 236 g/mol. The van der Waals surface area contributed by atoms with Crippen molar-refractivity contribution in [2.75, 3.05) is 6.54 Å². The number of nitrogens with zero attached hydrogens (tertiary/aromatic N) is 1. The second-order valence-electron chi connectivity index (χ2n) is 5.99. The summed E-state index contributed by atoms with van der Waals surface area (Å²) >= 11 is 0. The quantitative estimate of drug-likeness (QED) is 0.886. The van der Waals surface area contributed by atoms with Gasteiger partial charge >= 0.3 is 0 Å². The minimum atomic E-state index is -0.478. The fourth-order valence-corrected chi connectivity index (χ4v) is 2.78. The smallest absolute Gasteiger partial charge is 0.243 e. The van der Waals surface area contributed by atoms with Crippen molar-refractivity contribution in [2.24, 2.45) is 0 Å². The maximum atomic E-state index is 12.8. The topological polar surface area (TPSA) is 32.3 Å². The van der Waals surface area contributed by atoms with Crippen molar-refractivity contribution in [3.8, 4) is 0 Å². The number of carbonyl (C=O) groups excluding carboxylic acids is 1. The molecule has 1 amide bonds. The van der Waals surface area contributed by atoms with Gasteiger partial charge in [0.2, 0.25) is 5.91 Å². The van der Waals surface area contributed by atoms with Crippen molar-refractivity contribution in [1.82, 2.24) is 10.2 Å². The Labute approximate surface area is 116 Å². The van der Waals surface area contributed by atoms with Gasteiger partial charge in [-0.1, -0.05) is 30.3 Å². The Morgan fingerprint density at radius 2 is 1.95 bits per heavy atom. The van der Waals surface area contributed by atoms with Gasteiger partial charge in [0.1, 0.15) is 0 Å². The molecule has 19 heavy (non-hydrogen) atoms. The van der Waals surface area contributed by atoms with E-state index in [0.29, 0.717) is 0 Å². The van der Waals surface area contributed by atoms with Crippen LogP contribution in [0.5, 0.6) is 0 Å². The Bertz CT molecular complexity index is 441. The van der Waals surface area contributed by atoms with E-state index in [1.54, 1.807) is 0 Å². The van der Waals surface area contributed by atoms with E-state index in [1.165, 1.54) is 5.56 Å². The predicted molar refractivity (Wildman–Crippen MR) is 77.9 cm³/mol. The Kier molecular flexibility index (Phi) is 3.95. The molecule has 0 aromatic heterocycles. The van der Waals surface area contributed by atoms with Crippen LogP contribution in [0.4, 0.5) is 0 Å². The van der Waals surface area contributed by atoms with Crippen LogP contribution in [0.1, 0.15) is 45.7 Å². The summed E-state index contributed by atoms with van der Waals surface area (Å²) in [4.78, 5) is 14.8. The zero-order valence-electron chi connectivity index (χ0n) is 12.3. The maximum Gasteiger partial charge on any atom is 0.243 e.